The lowest BCUT2D eigenvalue weighted by Crippen LogP contribution is -2.22. The monoisotopic (exact) mass is 317 g/mol. The molecule has 0 saturated carbocycles. The summed E-state index contributed by atoms with van der Waals surface area (Å²) >= 11 is 9.59. The van der Waals surface area contributed by atoms with Gasteiger partial charge in [-0.25, -0.2) is 0 Å². The average molecular weight is 319 g/mol. The van der Waals surface area contributed by atoms with E-state index in [2.05, 4.69) is 41.2 Å². The van der Waals surface area contributed by atoms with E-state index in [0.717, 1.165) is 22.5 Å². The van der Waals surface area contributed by atoms with Gasteiger partial charge in [-0.3, -0.25) is 0 Å². The fraction of sp³-hybridized carbons (Fsp3) is 0.571. The van der Waals surface area contributed by atoms with Gasteiger partial charge < -0.3 is 5.32 Å². The molecule has 0 spiro atoms. The van der Waals surface area contributed by atoms with Crippen LogP contribution in [0.1, 0.15) is 51.1 Å². The first kappa shape index (κ1) is 15.0. The van der Waals surface area contributed by atoms with E-state index in [4.69, 9.17) is 11.6 Å². The van der Waals surface area contributed by atoms with Crippen LogP contribution in [0.3, 0.4) is 0 Å². The van der Waals surface area contributed by atoms with Crippen molar-refractivity contribution in [2.45, 2.75) is 45.6 Å². The van der Waals surface area contributed by atoms with Crippen molar-refractivity contribution in [3.8, 4) is 0 Å². The summed E-state index contributed by atoms with van der Waals surface area (Å²) in [6.45, 7) is 5.48. The highest BCUT2D eigenvalue weighted by atomic mass is 79.9. The minimum atomic E-state index is 0.432. The van der Waals surface area contributed by atoms with Gasteiger partial charge in [0, 0.05) is 15.5 Å². The molecule has 0 bridgehead atoms. The molecule has 1 nitrogen and oxygen atoms in total. The highest BCUT2D eigenvalue weighted by Crippen LogP contribution is 2.29. The Balaban J connectivity index is 2.79. The molecule has 96 valence electrons. The molecule has 1 atom stereocenters. The molecule has 1 aromatic rings. The zero-order valence-electron chi connectivity index (χ0n) is 10.6. The summed E-state index contributed by atoms with van der Waals surface area (Å²) < 4.78 is 1.11. The quantitative estimate of drug-likeness (QED) is 0.716. The first-order valence-corrected chi connectivity index (χ1v) is 7.54. The summed E-state index contributed by atoms with van der Waals surface area (Å²) in [6, 6.07) is 6.49. The number of halogens is 2. The van der Waals surface area contributed by atoms with Gasteiger partial charge in [0.2, 0.25) is 0 Å². The summed E-state index contributed by atoms with van der Waals surface area (Å²) in [5.41, 5.74) is 1.32. The van der Waals surface area contributed by atoms with Gasteiger partial charge in [-0.05, 0) is 37.1 Å². The number of hydrogen-bond acceptors (Lipinski definition) is 1. The maximum atomic E-state index is 5.98. The lowest BCUT2D eigenvalue weighted by molar-refractivity contribution is 0.480. The number of unbranched alkanes of at least 4 members (excludes halogenated alkanes) is 1. The Morgan fingerprint density at radius 1 is 1.29 bits per heavy atom. The van der Waals surface area contributed by atoms with Crippen LogP contribution in [0.25, 0.3) is 0 Å². The van der Waals surface area contributed by atoms with E-state index in [1.165, 1.54) is 24.8 Å². The van der Waals surface area contributed by atoms with Gasteiger partial charge in [0.25, 0.3) is 0 Å². The normalized spacial score (nSPS) is 12.7. The summed E-state index contributed by atoms with van der Waals surface area (Å²) in [5, 5.41) is 4.39. The zero-order chi connectivity index (χ0) is 12.7. The van der Waals surface area contributed by atoms with E-state index in [1.807, 2.05) is 12.1 Å². The molecule has 17 heavy (non-hydrogen) atoms. The molecule has 0 radical (unpaired) electrons. The Morgan fingerprint density at radius 3 is 2.65 bits per heavy atom. The molecule has 3 heteroatoms. The third-order valence-corrected chi connectivity index (χ3v) is 3.75. The van der Waals surface area contributed by atoms with E-state index in [1.54, 1.807) is 0 Å². The molecule has 0 aliphatic rings. The molecule has 1 aromatic carbocycles. The first-order chi connectivity index (χ1) is 8.19. The van der Waals surface area contributed by atoms with E-state index in [0.29, 0.717) is 6.04 Å². The molecule has 0 aliphatic heterocycles. The second-order valence-corrected chi connectivity index (χ2v) is 5.61. The topological polar surface area (TPSA) is 12.0 Å². The largest absolute Gasteiger partial charge is 0.310 e. The molecule has 0 aliphatic carbocycles. The van der Waals surface area contributed by atoms with Crippen molar-refractivity contribution >= 4 is 27.5 Å². The second kappa shape index (κ2) is 8.12. The molecule has 0 aromatic heterocycles. The van der Waals surface area contributed by atoms with Crippen LogP contribution in [-0.2, 0) is 0 Å². The van der Waals surface area contributed by atoms with Gasteiger partial charge in [0.05, 0.1) is 0 Å². The molecule has 0 amide bonds. The predicted octanol–water partition coefficient (Wildman–Crippen LogP) is 5.33. The van der Waals surface area contributed by atoms with Crippen LogP contribution in [0.4, 0.5) is 0 Å². The summed E-state index contributed by atoms with van der Waals surface area (Å²) in [4.78, 5) is 0. The van der Waals surface area contributed by atoms with Gasteiger partial charge in [0.15, 0.2) is 0 Å². The van der Waals surface area contributed by atoms with E-state index in [-0.39, 0.29) is 0 Å². The summed E-state index contributed by atoms with van der Waals surface area (Å²) in [6.07, 6.45) is 4.82. The lowest BCUT2D eigenvalue weighted by atomic mass is 10.0. The van der Waals surface area contributed by atoms with Crippen molar-refractivity contribution < 1.29 is 0 Å². The highest BCUT2D eigenvalue weighted by molar-refractivity contribution is 9.10. The molecule has 1 unspecified atom stereocenters. The molecular weight excluding hydrogens is 298 g/mol. The fourth-order valence-corrected chi connectivity index (χ4v) is 2.84. The molecule has 1 rings (SSSR count). The molecule has 0 saturated heterocycles. The van der Waals surface area contributed by atoms with E-state index >= 15 is 0 Å². The standard InChI is InChI=1S/C14H21BrClN/c1-3-5-6-14(17-9-4-2)12-8-7-11(16)10-13(12)15/h7-8,10,14,17H,3-6,9H2,1-2H3. The van der Waals surface area contributed by atoms with Crippen LogP contribution in [0.15, 0.2) is 22.7 Å². The van der Waals surface area contributed by atoms with Crippen LogP contribution in [-0.4, -0.2) is 6.54 Å². The molecule has 1 N–H and O–H groups in total. The number of benzene rings is 1. The summed E-state index contributed by atoms with van der Waals surface area (Å²) in [5.74, 6) is 0. The first-order valence-electron chi connectivity index (χ1n) is 6.37. The fourth-order valence-electron chi connectivity index (χ4n) is 1.88. The Hall–Kier alpha value is -0.0500. The number of rotatable bonds is 7. The van der Waals surface area contributed by atoms with Gasteiger partial charge in [-0.1, -0.05) is 60.3 Å². The molecule has 0 fully saturated rings. The maximum Gasteiger partial charge on any atom is 0.0417 e. The van der Waals surface area contributed by atoms with Gasteiger partial charge >= 0.3 is 0 Å². The van der Waals surface area contributed by atoms with Crippen LogP contribution in [0, 0.1) is 0 Å². The number of nitrogens with one attached hydrogen (secondary N) is 1. The lowest BCUT2D eigenvalue weighted by Gasteiger charge is -2.20. The van der Waals surface area contributed by atoms with Crippen LogP contribution in [0.5, 0.6) is 0 Å². The van der Waals surface area contributed by atoms with Gasteiger partial charge in [0.1, 0.15) is 0 Å². The van der Waals surface area contributed by atoms with Crippen molar-refractivity contribution in [2.24, 2.45) is 0 Å². The van der Waals surface area contributed by atoms with Crippen molar-refractivity contribution in [1.29, 1.82) is 0 Å². The number of hydrogen-bond donors (Lipinski definition) is 1. The smallest absolute Gasteiger partial charge is 0.0417 e. The maximum absolute atomic E-state index is 5.98. The van der Waals surface area contributed by atoms with Crippen LogP contribution >= 0.6 is 27.5 Å². The van der Waals surface area contributed by atoms with Crippen LogP contribution in [0.2, 0.25) is 5.02 Å². The van der Waals surface area contributed by atoms with Crippen molar-refractivity contribution in [1.82, 2.24) is 5.32 Å². The van der Waals surface area contributed by atoms with Crippen molar-refractivity contribution in [2.75, 3.05) is 6.54 Å². The minimum absolute atomic E-state index is 0.432. The summed E-state index contributed by atoms with van der Waals surface area (Å²) in [7, 11) is 0. The average Bonchev–Trinajstić information content (AvgIpc) is 2.30. The van der Waals surface area contributed by atoms with Gasteiger partial charge in [-0.2, -0.15) is 0 Å². The minimum Gasteiger partial charge on any atom is -0.310 e. The highest BCUT2D eigenvalue weighted by Gasteiger charge is 2.13. The SMILES string of the molecule is CCCCC(NCCC)c1ccc(Cl)cc1Br. The van der Waals surface area contributed by atoms with E-state index < -0.39 is 0 Å². The third-order valence-electron chi connectivity index (χ3n) is 2.83. The Kier molecular flexibility index (Phi) is 7.17. The zero-order valence-corrected chi connectivity index (χ0v) is 12.9. The van der Waals surface area contributed by atoms with Crippen LogP contribution < -0.4 is 5.32 Å². The molecular formula is C14H21BrClN. The van der Waals surface area contributed by atoms with Crippen molar-refractivity contribution in [3.05, 3.63) is 33.3 Å². The second-order valence-electron chi connectivity index (χ2n) is 4.31. The Morgan fingerprint density at radius 2 is 2.06 bits per heavy atom. The molecule has 0 heterocycles. The Labute approximate surface area is 118 Å². The Bertz CT molecular complexity index is 333. The van der Waals surface area contributed by atoms with E-state index in [9.17, 15) is 0 Å². The van der Waals surface area contributed by atoms with Gasteiger partial charge in [-0.15, -0.1) is 0 Å². The third kappa shape index (κ3) is 4.99. The van der Waals surface area contributed by atoms with Crippen molar-refractivity contribution in [3.63, 3.8) is 0 Å². The predicted molar refractivity (Wildman–Crippen MR) is 79.7 cm³/mol.